The van der Waals surface area contributed by atoms with Crippen molar-refractivity contribution in [3.8, 4) is 0 Å². The zero-order valence-corrected chi connectivity index (χ0v) is 11.7. The molecule has 1 aromatic carbocycles. The molecule has 0 spiro atoms. The lowest BCUT2D eigenvalue weighted by molar-refractivity contribution is 0.392. The van der Waals surface area contributed by atoms with Crippen molar-refractivity contribution >= 4 is 15.7 Å². The topological polar surface area (TPSA) is 76.3 Å². The summed E-state index contributed by atoms with van der Waals surface area (Å²) < 4.78 is 26.6. The van der Waals surface area contributed by atoms with Gasteiger partial charge in [0.2, 0.25) is 10.0 Å². The Kier molecular flexibility index (Phi) is 3.19. The maximum atomic E-state index is 12.6. The molecule has 104 valence electrons. The minimum absolute atomic E-state index is 0.220. The third kappa shape index (κ3) is 2.17. The number of fused-ring (bicyclic) bond motifs is 1. The summed E-state index contributed by atoms with van der Waals surface area (Å²) in [5.41, 5.74) is 8.63. The van der Waals surface area contributed by atoms with Gasteiger partial charge in [-0.1, -0.05) is 12.1 Å². The Hall–Kier alpha value is -1.92. The largest absolute Gasteiger partial charge is 0.398 e. The number of pyridine rings is 1. The van der Waals surface area contributed by atoms with Crippen LogP contribution < -0.4 is 5.73 Å². The fourth-order valence-electron chi connectivity index (χ4n) is 2.44. The first kappa shape index (κ1) is 13.1. The highest BCUT2D eigenvalue weighted by Crippen LogP contribution is 2.27. The van der Waals surface area contributed by atoms with Gasteiger partial charge in [0.15, 0.2) is 0 Å². The highest BCUT2D eigenvalue weighted by Gasteiger charge is 2.29. The minimum atomic E-state index is -3.51. The summed E-state index contributed by atoms with van der Waals surface area (Å²) in [6.45, 7) is 0.785. The van der Waals surface area contributed by atoms with Gasteiger partial charge in [-0.05, 0) is 35.7 Å². The van der Waals surface area contributed by atoms with Crippen LogP contribution in [0.3, 0.4) is 0 Å². The number of sulfonamides is 1. The second-order valence-corrected chi connectivity index (χ2v) is 6.70. The van der Waals surface area contributed by atoms with E-state index in [9.17, 15) is 8.42 Å². The number of rotatable bonds is 2. The van der Waals surface area contributed by atoms with Crippen molar-refractivity contribution in [3.63, 3.8) is 0 Å². The summed E-state index contributed by atoms with van der Waals surface area (Å²) in [7, 11) is -3.51. The number of nitrogen functional groups attached to an aromatic ring is 1. The molecule has 1 aromatic heterocycles. The van der Waals surface area contributed by atoms with Crippen molar-refractivity contribution in [2.45, 2.75) is 17.9 Å². The predicted octanol–water partition coefficient (Wildman–Crippen LogP) is 1.41. The third-order valence-corrected chi connectivity index (χ3v) is 5.38. The number of anilines is 1. The van der Waals surface area contributed by atoms with Gasteiger partial charge in [-0.3, -0.25) is 4.98 Å². The number of hydrogen-bond donors (Lipinski definition) is 1. The molecule has 0 saturated heterocycles. The van der Waals surface area contributed by atoms with Crippen LogP contribution in [0.1, 0.15) is 11.1 Å². The van der Waals surface area contributed by atoms with Crippen LogP contribution in [0.15, 0.2) is 47.6 Å². The molecule has 1 aliphatic rings. The average Bonchev–Trinajstić information content (AvgIpc) is 2.48. The number of benzene rings is 1. The van der Waals surface area contributed by atoms with Crippen LogP contribution in [0.2, 0.25) is 0 Å². The second kappa shape index (κ2) is 4.88. The molecule has 2 heterocycles. The van der Waals surface area contributed by atoms with Gasteiger partial charge in [-0.2, -0.15) is 4.31 Å². The second-order valence-electron chi connectivity index (χ2n) is 4.76. The monoisotopic (exact) mass is 289 g/mol. The maximum absolute atomic E-state index is 12.6. The van der Waals surface area contributed by atoms with Crippen molar-refractivity contribution in [3.05, 3.63) is 53.9 Å². The van der Waals surface area contributed by atoms with E-state index in [2.05, 4.69) is 4.98 Å². The maximum Gasteiger partial charge on any atom is 0.244 e. The molecule has 0 amide bonds. The van der Waals surface area contributed by atoms with Gasteiger partial charge in [-0.25, -0.2) is 8.42 Å². The number of nitrogens with two attached hydrogens (primary N) is 1. The standard InChI is InChI=1S/C14H15N3O2S/c15-14-5-1-3-11-6-8-17(10-13(11)14)20(18,19)12-4-2-7-16-9-12/h1-5,7,9H,6,8,10,15H2. The molecule has 2 aromatic rings. The first-order chi connectivity index (χ1) is 9.59. The summed E-state index contributed by atoms with van der Waals surface area (Å²) in [5, 5.41) is 0. The van der Waals surface area contributed by atoms with Crippen molar-refractivity contribution < 1.29 is 8.42 Å². The van der Waals surface area contributed by atoms with E-state index < -0.39 is 10.0 Å². The van der Waals surface area contributed by atoms with E-state index in [1.807, 2.05) is 12.1 Å². The molecule has 0 aliphatic carbocycles. The van der Waals surface area contributed by atoms with E-state index in [0.29, 0.717) is 25.2 Å². The van der Waals surface area contributed by atoms with Gasteiger partial charge in [0, 0.05) is 31.2 Å². The van der Waals surface area contributed by atoms with Crippen molar-refractivity contribution in [1.29, 1.82) is 0 Å². The van der Waals surface area contributed by atoms with E-state index in [0.717, 1.165) is 11.1 Å². The lowest BCUT2D eigenvalue weighted by Gasteiger charge is -2.28. The molecule has 2 N–H and O–H groups in total. The molecule has 5 nitrogen and oxygen atoms in total. The number of nitrogens with zero attached hydrogens (tertiary/aromatic N) is 2. The average molecular weight is 289 g/mol. The summed E-state index contributed by atoms with van der Waals surface area (Å²) >= 11 is 0. The normalized spacial score (nSPS) is 15.8. The molecule has 0 fully saturated rings. The lowest BCUT2D eigenvalue weighted by Crippen LogP contribution is -2.36. The zero-order chi connectivity index (χ0) is 14.2. The van der Waals surface area contributed by atoms with Gasteiger partial charge in [0.25, 0.3) is 0 Å². The van der Waals surface area contributed by atoms with Gasteiger partial charge >= 0.3 is 0 Å². The fourth-order valence-corrected chi connectivity index (χ4v) is 3.81. The molecule has 6 heteroatoms. The first-order valence-corrected chi connectivity index (χ1v) is 7.79. The number of aromatic nitrogens is 1. The van der Waals surface area contributed by atoms with Gasteiger partial charge in [0.1, 0.15) is 4.90 Å². The van der Waals surface area contributed by atoms with Gasteiger partial charge in [-0.15, -0.1) is 0 Å². The Bertz CT molecular complexity index is 729. The minimum Gasteiger partial charge on any atom is -0.398 e. The van der Waals surface area contributed by atoms with Crippen molar-refractivity contribution in [1.82, 2.24) is 9.29 Å². The Balaban J connectivity index is 1.96. The zero-order valence-electron chi connectivity index (χ0n) is 10.9. The summed E-state index contributed by atoms with van der Waals surface area (Å²) in [4.78, 5) is 4.10. The molecule has 0 unspecified atom stereocenters. The van der Waals surface area contributed by atoms with Crippen LogP contribution in [-0.4, -0.2) is 24.3 Å². The van der Waals surface area contributed by atoms with E-state index in [-0.39, 0.29) is 4.90 Å². The fraction of sp³-hybridized carbons (Fsp3) is 0.214. The van der Waals surface area contributed by atoms with Crippen LogP contribution in [0.5, 0.6) is 0 Å². The van der Waals surface area contributed by atoms with Gasteiger partial charge in [0.05, 0.1) is 0 Å². The molecule has 3 rings (SSSR count). The molecule has 0 atom stereocenters. The quantitative estimate of drug-likeness (QED) is 0.848. The van der Waals surface area contributed by atoms with E-state index in [4.69, 9.17) is 5.73 Å². The van der Waals surface area contributed by atoms with E-state index >= 15 is 0 Å². The Morgan fingerprint density at radius 2 is 2.05 bits per heavy atom. The molecule has 1 aliphatic heterocycles. The Morgan fingerprint density at radius 3 is 2.80 bits per heavy atom. The highest BCUT2D eigenvalue weighted by atomic mass is 32.2. The summed E-state index contributed by atoms with van der Waals surface area (Å²) in [6, 6.07) is 8.89. The van der Waals surface area contributed by atoms with Crippen LogP contribution >= 0.6 is 0 Å². The smallest absolute Gasteiger partial charge is 0.244 e. The Labute approximate surface area is 118 Å². The molecular formula is C14H15N3O2S. The molecule has 0 radical (unpaired) electrons. The van der Waals surface area contributed by atoms with Crippen molar-refractivity contribution in [2.24, 2.45) is 0 Å². The van der Waals surface area contributed by atoms with Crippen LogP contribution in [-0.2, 0) is 23.0 Å². The third-order valence-electron chi connectivity index (χ3n) is 3.55. The lowest BCUT2D eigenvalue weighted by atomic mass is 10.00. The van der Waals surface area contributed by atoms with Crippen LogP contribution in [0.4, 0.5) is 5.69 Å². The first-order valence-electron chi connectivity index (χ1n) is 6.35. The molecule has 20 heavy (non-hydrogen) atoms. The van der Waals surface area contributed by atoms with Crippen LogP contribution in [0, 0.1) is 0 Å². The Morgan fingerprint density at radius 1 is 1.20 bits per heavy atom. The number of hydrogen-bond acceptors (Lipinski definition) is 4. The SMILES string of the molecule is Nc1cccc2c1CN(S(=O)(=O)c1cccnc1)CC2. The predicted molar refractivity (Wildman–Crippen MR) is 76.4 cm³/mol. The van der Waals surface area contributed by atoms with E-state index in [1.54, 1.807) is 24.4 Å². The van der Waals surface area contributed by atoms with E-state index in [1.165, 1.54) is 10.5 Å². The summed E-state index contributed by atoms with van der Waals surface area (Å²) in [5.74, 6) is 0. The summed E-state index contributed by atoms with van der Waals surface area (Å²) in [6.07, 6.45) is 3.61. The highest BCUT2D eigenvalue weighted by molar-refractivity contribution is 7.89. The van der Waals surface area contributed by atoms with Crippen LogP contribution in [0.25, 0.3) is 0 Å². The molecular weight excluding hydrogens is 274 g/mol. The van der Waals surface area contributed by atoms with Crippen molar-refractivity contribution in [2.75, 3.05) is 12.3 Å². The molecule has 0 bridgehead atoms. The van der Waals surface area contributed by atoms with Gasteiger partial charge < -0.3 is 5.73 Å². The molecule has 0 saturated carbocycles.